The van der Waals surface area contributed by atoms with Gasteiger partial charge in [0.25, 0.3) is 0 Å². The number of halogens is 1. The number of anilines is 1. The zero-order valence-electron chi connectivity index (χ0n) is 12.8. The lowest BCUT2D eigenvalue weighted by atomic mass is 9.78. The molecule has 2 atom stereocenters. The van der Waals surface area contributed by atoms with Crippen LogP contribution in [0, 0.1) is 11.8 Å². The molecule has 2 unspecified atom stereocenters. The van der Waals surface area contributed by atoms with Gasteiger partial charge in [-0.3, -0.25) is 0 Å². The summed E-state index contributed by atoms with van der Waals surface area (Å²) >= 11 is 3.66. The Hall–Kier alpha value is -0.900. The van der Waals surface area contributed by atoms with E-state index in [9.17, 15) is 0 Å². The summed E-state index contributed by atoms with van der Waals surface area (Å²) in [7, 11) is 0. The first-order valence-corrected chi connectivity index (χ1v) is 8.80. The molecule has 21 heavy (non-hydrogen) atoms. The molecule has 3 nitrogen and oxygen atoms in total. The summed E-state index contributed by atoms with van der Waals surface area (Å²) < 4.78 is 12.4. The van der Waals surface area contributed by atoms with Crippen LogP contribution < -0.4 is 14.8 Å². The van der Waals surface area contributed by atoms with Crippen LogP contribution in [0.25, 0.3) is 0 Å². The summed E-state index contributed by atoms with van der Waals surface area (Å²) in [6.45, 7) is 5.93. The van der Waals surface area contributed by atoms with E-state index in [0.29, 0.717) is 19.3 Å². The highest BCUT2D eigenvalue weighted by Crippen LogP contribution is 2.40. The highest BCUT2D eigenvalue weighted by Gasteiger charge is 2.28. The van der Waals surface area contributed by atoms with Crippen molar-refractivity contribution in [3.05, 3.63) is 16.6 Å². The third kappa shape index (κ3) is 3.31. The quantitative estimate of drug-likeness (QED) is 0.842. The van der Waals surface area contributed by atoms with Crippen molar-refractivity contribution < 1.29 is 9.47 Å². The van der Waals surface area contributed by atoms with Gasteiger partial charge in [-0.05, 0) is 40.6 Å². The average Bonchev–Trinajstić information content (AvgIpc) is 2.48. The number of benzene rings is 1. The van der Waals surface area contributed by atoms with Gasteiger partial charge in [-0.15, -0.1) is 0 Å². The molecule has 0 radical (unpaired) electrons. The van der Waals surface area contributed by atoms with E-state index < -0.39 is 0 Å². The fourth-order valence-electron chi connectivity index (χ4n) is 3.51. The van der Waals surface area contributed by atoms with Crippen molar-refractivity contribution >= 4 is 21.6 Å². The van der Waals surface area contributed by atoms with E-state index in [0.717, 1.165) is 33.5 Å². The molecule has 0 aromatic heterocycles. The van der Waals surface area contributed by atoms with Gasteiger partial charge in [0.05, 0.1) is 5.69 Å². The topological polar surface area (TPSA) is 30.5 Å². The molecule has 0 saturated heterocycles. The molecule has 1 fully saturated rings. The van der Waals surface area contributed by atoms with Crippen molar-refractivity contribution in [3.8, 4) is 11.5 Å². The molecule has 3 rings (SSSR count). The Morgan fingerprint density at radius 1 is 1.10 bits per heavy atom. The number of nitrogens with one attached hydrogen (secondary N) is 1. The fourth-order valence-corrected chi connectivity index (χ4v) is 3.95. The Balaban J connectivity index is 1.80. The summed E-state index contributed by atoms with van der Waals surface area (Å²) in [6.07, 6.45) is 5.27. The first-order valence-electron chi connectivity index (χ1n) is 8.01. The van der Waals surface area contributed by atoms with Crippen LogP contribution >= 0.6 is 15.9 Å². The second-order valence-corrected chi connectivity index (χ2v) is 7.27. The number of ether oxygens (including phenoxy) is 2. The molecule has 1 aliphatic carbocycles. The molecule has 1 saturated carbocycles. The first-order chi connectivity index (χ1) is 10.1. The van der Waals surface area contributed by atoms with Gasteiger partial charge in [0.15, 0.2) is 11.5 Å². The Labute approximate surface area is 135 Å². The molecule has 116 valence electrons. The van der Waals surface area contributed by atoms with Crippen LogP contribution in [0.4, 0.5) is 5.69 Å². The number of hydrogen-bond donors (Lipinski definition) is 1. The van der Waals surface area contributed by atoms with Gasteiger partial charge in [0, 0.05) is 22.6 Å². The predicted molar refractivity (Wildman–Crippen MR) is 89.3 cm³/mol. The summed E-state index contributed by atoms with van der Waals surface area (Å²) in [5.74, 6) is 3.16. The van der Waals surface area contributed by atoms with Crippen molar-refractivity contribution in [2.45, 2.75) is 45.6 Å². The van der Waals surface area contributed by atoms with Crippen LogP contribution in [-0.2, 0) is 0 Å². The molecular formula is C17H24BrNO2. The number of hydrogen-bond acceptors (Lipinski definition) is 3. The van der Waals surface area contributed by atoms with Gasteiger partial charge >= 0.3 is 0 Å². The van der Waals surface area contributed by atoms with Gasteiger partial charge in [0.2, 0.25) is 0 Å². The van der Waals surface area contributed by atoms with Crippen molar-refractivity contribution in [3.63, 3.8) is 0 Å². The summed E-state index contributed by atoms with van der Waals surface area (Å²) in [5, 5.41) is 3.75. The minimum atomic E-state index is 0.553. The smallest absolute Gasteiger partial charge is 0.163 e. The molecule has 1 aromatic rings. The molecule has 0 amide bonds. The normalized spacial score (nSPS) is 25.0. The monoisotopic (exact) mass is 353 g/mol. The van der Waals surface area contributed by atoms with E-state index in [1.54, 1.807) is 0 Å². The van der Waals surface area contributed by atoms with E-state index in [-0.39, 0.29) is 0 Å². The minimum Gasteiger partial charge on any atom is -0.486 e. The Bertz CT molecular complexity index is 504. The van der Waals surface area contributed by atoms with E-state index in [4.69, 9.17) is 9.47 Å². The second kappa shape index (κ2) is 6.47. The van der Waals surface area contributed by atoms with E-state index >= 15 is 0 Å². The van der Waals surface area contributed by atoms with Crippen molar-refractivity contribution in [1.29, 1.82) is 0 Å². The highest BCUT2D eigenvalue weighted by atomic mass is 79.9. The molecule has 1 aliphatic heterocycles. The third-order valence-corrected chi connectivity index (χ3v) is 5.30. The Kier molecular flexibility index (Phi) is 4.63. The summed E-state index contributed by atoms with van der Waals surface area (Å²) in [6, 6.07) is 4.65. The van der Waals surface area contributed by atoms with Crippen LogP contribution in [0.3, 0.4) is 0 Å². The molecule has 4 heteroatoms. The molecule has 0 spiro atoms. The Morgan fingerprint density at radius 3 is 2.48 bits per heavy atom. The van der Waals surface area contributed by atoms with Crippen molar-refractivity contribution in [2.24, 2.45) is 11.8 Å². The molecular weight excluding hydrogens is 330 g/mol. The van der Waals surface area contributed by atoms with Crippen molar-refractivity contribution in [2.75, 3.05) is 18.5 Å². The van der Waals surface area contributed by atoms with Crippen LogP contribution in [0.15, 0.2) is 16.6 Å². The molecule has 1 N–H and O–H groups in total. The third-order valence-electron chi connectivity index (χ3n) is 4.65. The van der Waals surface area contributed by atoms with E-state index in [1.165, 1.54) is 25.7 Å². The van der Waals surface area contributed by atoms with Crippen LogP contribution in [0.2, 0.25) is 0 Å². The van der Waals surface area contributed by atoms with Gasteiger partial charge in [-0.1, -0.05) is 26.7 Å². The van der Waals surface area contributed by atoms with Gasteiger partial charge in [0.1, 0.15) is 13.2 Å². The van der Waals surface area contributed by atoms with Crippen LogP contribution in [0.5, 0.6) is 11.5 Å². The van der Waals surface area contributed by atoms with Gasteiger partial charge in [-0.25, -0.2) is 0 Å². The lowest BCUT2D eigenvalue weighted by molar-refractivity contribution is 0.171. The lowest BCUT2D eigenvalue weighted by Gasteiger charge is -2.36. The van der Waals surface area contributed by atoms with Crippen LogP contribution in [-0.4, -0.2) is 19.3 Å². The zero-order chi connectivity index (χ0) is 14.8. The Morgan fingerprint density at radius 2 is 1.76 bits per heavy atom. The summed E-state index contributed by atoms with van der Waals surface area (Å²) in [4.78, 5) is 0. The highest BCUT2D eigenvalue weighted by molar-refractivity contribution is 9.10. The standard InChI is InChI=1S/C17H24BrNO2/c1-11(2)12-5-3-4-6-14(12)19-15-10-17-16(9-13(15)18)20-7-8-21-17/h9-12,14,19H,3-8H2,1-2H3. The lowest BCUT2D eigenvalue weighted by Crippen LogP contribution is -2.35. The SMILES string of the molecule is CC(C)C1CCCCC1Nc1cc2c(cc1Br)OCCO2. The molecule has 1 aromatic carbocycles. The molecule has 1 heterocycles. The maximum Gasteiger partial charge on any atom is 0.163 e. The number of rotatable bonds is 3. The summed E-state index contributed by atoms with van der Waals surface area (Å²) in [5.41, 5.74) is 1.12. The minimum absolute atomic E-state index is 0.553. The predicted octanol–water partition coefficient (Wildman–Crippen LogP) is 4.85. The number of fused-ring (bicyclic) bond motifs is 1. The maximum atomic E-state index is 5.70. The zero-order valence-corrected chi connectivity index (χ0v) is 14.4. The van der Waals surface area contributed by atoms with E-state index in [1.807, 2.05) is 6.07 Å². The molecule has 0 bridgehead atoms. The van der Waals surface area contributed by atoms with Gasteiger partial charge in [-0.2, -0.15) is 0 Å². The second-order valence-electron chi connectivity index (χ2n) is 6.42. The van der Waals surface area contributed by atoms with Crippen LogP contribution in [0.1, 0.15) is 39.5 Å². The van der Waals surface area contributed by atoms with Crippen molar-refractivity contribution in [1.82, 2.24) is 0 Å². The maximum absolute atomic E-state index is 5.70. The van der Waals surface area contributed by atoms with Gasteiger partial charge < -0.3 is 14.8 Å². The fraction of sp³-hybridized carbons (Fsp3) is 0.647. The molecule has 2 aliphatic rings. The largest absolute Gasteiger partial charge is 0.486 e. The average molecular weight is 354 g/mol. The van der Waals surface area contributed by atoms with E-state index in [2.05, 4.69) is 41.2 Å². The first kappa shape index (κ1) is 15.0.